The van der Waals surface area contributed by atoms with E-state index in [0.29, 0.717) is 23.1 Å². The highest BCUT2D eigenvalue weighted by atomic mass is 35.5. The summed E-state index contributed by atoms with van der Waals surface area (Å²) in [4.78, 5) is 24.4. The summed E-state index contributed by atoms with van der Waals surface area (Å²) in [7, 11) is 1.60. The van der Waals surface area contributed by atoms with Crippen molar-refractivity contribution < 1.29 is 14.3 Å². The second-order valence-corrected chi connectivity index (χ2v) is 5.60. The number of thioether (sulfide) groups is 1. The molecule has 0 saturated heterocycles. The van der Waals surface area contributed by atoms with Gasteiger partial charge in [0.05, 0.1) is 12.4 Å². The highest BCUT2D eigenvalue weighted by Crippen LogP contribution is 2.16. The fourth-order valence-corrected chi connectivity index (χ4v) is 2.61. The first-order valence-electron chi connectivity index (χ1n) is 6.24. The Hall–Kier alpha value is -1.20. The van der Waals surface area contributed by atoms with Crippen LogP contribution in [0.3, 0.4) is 0 Å². The molecule has 0 radical (unpaired) electrons. The molecule has 0 heterocycles. The molecule has 4 nitrogen and oxygen atoms in total. The van der Waals surface area contributed by atoms with E-state index < -0.39 is 0 Å². The maximum Gasteiger partial charge on any atom is 0.325 e. The lowest BCUT2D eigenvalue weighted by molar-refractivity contribution is -0.147. The third kappa shape index (κ3) is 6.30. The zero-order valence-electron chi connectivity index (χ0n) is 11.6. The van der Waals surface area contributed by atoms with Crippen LogP contribution in [0.1, 0.15) is 12.5 Å². The van der Waals surface area contributed by atoms with Crippen molar-refractivity contribution in [3.05, 3.63) is 34.9 Å². The van der Waals surface area contributed by atoms with Crippen LogP contribution in [0, 0.1) is 0 Å². The molecule has 0 aliphatic heterocycles. The van der Waals surface area contributed by atoms with Gasteiger partial charge in [0.15, 0.2) is 0 Å². The minimum atomic E-state index is -0.386. The lowest BCUT2D eigenvalue weighted by atomic mass is 10.2. The Kier molecular flexibility index (Phi) is 7.47. The second-order valence-electron chi connectivity index (χ2n) is 4.18. The Morgan fingerprint density at radius 2 is 2.15 bits per heavy atom. The number of nitrogens with zero attached hydrogens (tertiary/aromatic N) is 1. The standard InChI is InChI=1S/C14H18ClNO3S/c1-3-19-14(18)8-16(2)13(17)10-20-9-11-5-4-6-12(15)7-11/h4-7H,3,8-10H2,1-2H3. The smallest absolute Gasteiger partial charge is 0.325 e. The number of hydrogen-bond acceptors (Lipinski definition) is 4. The lowest BCUT2D eigenvalue weighted by Crippen LogP contribution is -2.34. The van der Waals surface area contributed by atoms with E-state index >= 15 is 0 Å². The number of amides is 1. The normalized spacial score (nSPS) is 10.2. The molecule has 1 aromatic rings. The van der Waals surface area contributed by atoms with Gasteiger partial charge in [0, 0.05) is 17.8 Å². The number of esters is 1. The number of ether oxygens (including phenoxy) is 1. The first kappa shape index (κ1) is 16.9. The summed E-state index contributed by atoms with van der Waals surface area (Å²) in [5, 5.41) is 0.689. The van der Waals surface area contributed by atoms with E-state index in [1.54, 1.807) is 14.0 Å². The number of likely N-dealkylation sites (N-methyl/N-ethyl adjacent to an activating group) is 1. The van der Waals surface area contributed by atoms with Gasteiger partial charge >= 0.3 is 5.97 Å². The third-order valence-corrected chi connectivity index (χ3v) is 3.70. The van der Waals surface area contributed by atoms with Crippen LogP contribution in [0.5, 0.6) is 0 Å². The molecule has 0 atom stereocenters. The Labute approximate surface area is 128 Å². The number of halogens is 1. The van der Waals surface area contributed by atoms with E-state index in [1.807, 2.05) is 24.3 Å². The molecule has 0 aliphatic carbocycles. The predicted molar refractivity (Wildman–Crippen MR) is 81.9 cm³/mol. The van der Waals surface area contributed by atoms with Gasteiger partial charge in [-0.25, -0.2) is 0 Å². The molecule has 1 amide bonds. The quantitative estimate of drug-likeness (QED) is 0.726. The molecule has 6 heteroatoms. The van der Waals surface area contributed by atoms with Gasteiger partial charge in [0.25, 0.3) is 0 Å². The van der Waals surface area contributed by atoms with Crippen LogP contribution in [0.2, 0.25) is 5.02 Å². The summed E-state index contributed by atoms with van der Waals surface area (Å²) in [6.07, 6.45) is 0. The Balaban J connectivity index is 2.30. The van der Waals surface area contributed by atoms with Crippen LogP contribution in [0.15, 0.2) is 24.3 Å². The van der Waals surface area contributed by atoms with Gasteiger partial charge in [-0.1, -0.05) is 23.7 Å². The molecule has 110 valence electrons. The summed E-state index contributed by atoms with van der Waals surface area (Å²) >= 11 is 7.38. The molecule has 0 fully saturated rings. The highest BCUT2D eigenvalue weighted by molar-refractivity contribution is 7.99. The van der Waals surface area contributed by atoms with Gasteiger partial charge in [0.1, 0.15) is 6.54 Å². The van der Waals surface area contributed by atoms with E-state index in [1.165, 1.54) is 16.7 Å². The zero-order chi connectivity index (χ0) is 15.0. The van der Waals surface area contributed by atoms with Crippen molar-refractivity contribution in [2.45, 2.75) is 12.7 Å². The zero-order valence-corrected chi connectivity index (χ0v) is 13.2. The molecule has 1 aromatic carbocycles. The Bertz CT molecular complexity index is 467. The Morgan fingerprint density at radius 3 is 2.80 bits per heavy atom. The van der Waals surface area contributed by atoms with Gasteiger partial charge < -0.3 is 9.64 Å². The third-order valence-electron chi connectivity index (χ3n) is 2.48. The first-order valence-corrected chi connectivity index (χ1v) is 7.78. The molecular formula is C14H18ClNO3S. The summed E-state index contributed by atoms with van der Waals surface area (Å²) in [6.45, 7) is 2.05. The highest BCUT2D eigenvalue weighted by Gasteiger charge is 2.13. The lowest BCUT2D eigenvalue weighted by Gasteiger charge is -2.15. The SMILES string of the molecule is CCOC(=O)CN(C)C(=O)CSCc1cccc(Cl)c1. The van der Waals surface area contributed by atoms with Crippen LogP contribution in [0.25, 0.3) is 0 Å². The van der Waals surface area contributed by atoms with E-state index in [-0.39, 0.29) is 18.4 Å². The van der Waals surface area contributed by atoms with Gasteiger partial charge in [-0.2, -0.15) is 0 Å². The summed E-state index contributed by atoms with van der Waals surface area (Å²) in [6, 6.07) is 7.54. The molecule has 0 spiro atoms. The van der Waals surface area contributed by atoms with Crippen molar-refractivity contribution >= 4 is 35.2 Å². The van der Waals surface area contributed by atoms with E-state index in [2.05, 4.69) is 0 Å². The van der Waals surface area contributed by atoms with Gasteiger partial charge in [-0.05, 0) is 24.6 Å². The van der Waals surface area contributed by atoms with Crippen LogP contribution in [0.4, 0.5) is 0 Å². The number of rotatable bonds is 7. The average Bonchev–Trinajstić information content (AvgIpc) is 2.38. The fourth-order valence-electron chi connectivity index (χ4n) is 1.48. The average molecular weight is 316 g/mol. The molecule has 20 heavy (non-hydrogen) atoms. The van der Waals surface area contributed by atoms with Crippen molar-refractivity contribution in [1.29, 1.82) is 0 Å². The van der Waals surface area contributed by atoms with Crippen molar-refractivity contribution in [2.24, 2.45) is 0 Å². The molecule has 0 aliphatic rings. The minimum absolute atomic E-state index is 0.00953. The van der Waals surface area contributed by atoms with Crippen molar-refractivity contribution in [1.82, 2.24) is 4.90 Å². The monoisotopic (exact) mass is 315 g/mol. The molecule has 0 N–H and O–H groups in total. The molecule has 1 rings (SSSR count). The van der Waals surface area contributed by atoms with Gasteiger partial charge in [0.2, 0.25) is 5.91 Å². The topological polar surface area (TPSA) is 46.6 Å². The summed E-state index contributed by atoms with van der Waals surface area (Å²) in [5.41, 5.74) is 1.07. The predicted octanol–water partition coefficient (Wildman–Crippen LogP) is 2.59. The van der Waals surface area contributed by atoms with E-state index in [9.17, 15) is 9.59 Å². The summed E-state index contributed by atoms with van der Waals surface area (Å²) < 4.78 is 4.80. The van der Waals surface area contributed by atoms with E-state index in [4.69, 9.17) is 16.3 Å². The Morgan fingerprint density at radius 1 is 1.40 bits per heavy atom. The van der Waals surface area contributed by atoms with Crippen LogP contribution in [-0.2, 0) is 20.1 Å². The van der Waals surface area contributed by atoms with Gasteiger partial charge in [-0.15, -0.1) is 11.8 Å². The number of hydrogen-bond donors (Lipinski definition) is 0. The maximum atomic E-state index is 11.8. The van der Waals surface area contributed by atoms with E-state index in [0.717, 1.165) is 5.56 Å². The van der Waals surface area contributed by atoms with Crippen molar-refractivity contribution in [2.75, 3.05) is 26.0 Å². The molecule has 0 saturated carbocycles. The van der Waals surface area contributed by atoms with Gasteiger partial charge in [-0.3, -0.25) is 9.59 Å². The van der Waals surface area contributed by atoms with Crippen molar-refractivity contribution in [3.63, 3.8) is 0 Å². The number of benzene rings is 1. The van der Waals surface area contributed by atoms with Crippen LogP contribution in [-0.4, -0.2) is 42.7 Å². The molecular weight excluding hydrogens is 298 g/mol. The van der Waals surface area contributed by atoms with Crippen LogP contribution < -0.4 is 0 Å². The second kappa shape index (κ2) is 8.87. The first-order chi connectivity index (χ1) is 9.52. The molecule has 0 unspecified atom stereocenters. The molecule has 0 aromatic heterocycles. The maximum absolute atomic E-state index is 11.8. The minimum Gasteiger partial charge on any atom is -0.465 e. The number of carbonyl (C=O) groups excluding carboxylic acids is 2. The van der Waals surface area contributed by atoms with Crippen LogP contribution >= 0.6 is 23.4 Å². The largest absolute Gasteiger partial charge is 0.465 e. The summed E-state index contributed by atoms with van der Waals surface area (Å²) in [5.74, 6) is 0.551. The van der Waals surface area contributed by atoms with Crippen molar-refractivity contribution in [3.8, 4) is 0 Å². The fraction of sp³-hybridized carbons (Fsp3) is 0.429. The molecule has 0 bridgehead atoms. The number of carbonyl (C=O) groups is 2.